The van der Waals surface area contributed by atoms with Gasteiger partial charge in [0.15, 0.2) is 0 Å². The van der Waals surface area contributed by atoms with E-state index in [1.54, 1.807) is 29.7 Å². The second kappa shape index (κ2) is 9.51. The third-order valence-corrected chi connectivity index (χ3v) is 5.94. The van der Waals surface area contributed by atoms with E-state index in [0.29, 0.717) is 5.89 Å². The zero-order chi connectivity index (χ0) is 20.8. The number of anilines is 1. The van der Waals surface area contributed by atoms with E-state index in [1.165, 1.54) is 16.7 Å². The number of allylic oxidation sites excluding steroid dienone is 4. The fourth-order valence-electron chi connectivity index (χ4n) is 2.88. The highest BCUT2D eigenvalue weighted by molar-refractivity contribution is 7.22. The number of aromatic nitrogens is 2. The van der Waals surface area contributed by atoms with Crippen molar-refractivity contribution in [2.45, 2.75) is 47.5 Å². The second-order valence-corrected chi connectivity index (χ2v) is 7.55. The molecule has 3 aromatic heterocycles. The Morgan fingerprint density at radius 3 is 2.46 bits per heavy atom. The Balaban J connectivity index is 0.000000640. The standard InChI is InChI=1S/C19H23N3OS.C4H6/c1-6-13(7-2)8-14-9-21-18(23-14)17-16(20)15-11(4)10(3)12(5)22-19(15)24-17;1-3-4-2/h6,9H,7-8,20H2,1-5H3;3-4H,1-2H2/b13-6+;. The summed E-state index contributed by atoms with van der Waals surface area (Å²) in [5, 5.41) is 1.03. The molecule has 0 amide bonds. The molecule has 0 saturated carbocycles. The van der Waals surface area contributed by atoms with Gasteiger partial charge in [-0.05, 0) is 45.2 Å². The Bertz CT molecular complexity index is 1020. The zero-order valence-corrected chi connectivity index (χ0v) is 18.2. The van der Waals surface area contributed by atoms with E-state index in [2.05, 4.69) is 56.9 Å². The van der Waals surface area contributed by atoms with Crippen molar-refractivity contribution in [1.29, 1.82) is 0 Å². The molecule has 0 radical (unpaired) electrons. The van der Waals surface area contributed by atoms with Crippen LogP contribution in [-0.4, -0.2) is 9.97 Å². The predicted octanol–water partition coefficient (Wildman–Crippen LogP) is 6.72. The van der Waals surface area contributed by atoms with Gasteiger partial charge in [0.2, 0.25) is 5.89 Å². The molecule has 0 aliphatic rings. The molecule has 0 atom stereocenters. The normalized spacial score (nSPS) is 11.2. The molecule has 0 aliphatic heterocycles. The summed E-state index contributed by atoms with van der Waals surface area (Å²) in [6, 6.07) is 0. The minimum Gasteiger partial charge on any atom is -0.440 e. The first kappa shape index (κ1) is 21.6. The van der Waals surface area contributed by atoms with Crippen LogP contribution < -0.4 is 5.73 Å². The van der Waals surface area contributed by atoms with Crippen LogP contribution in [0.3, 0.4) is 0 Å². The molecule has 5 heteroatoms. The first-order chi connectivity index (χ1) is 13.4. The SMILES string of the molecule is C/C=C(\CC)Cc1cnc(-c2sc3nc(C)c(C)c(C)c3c2N)o1.C=CC=C. The number of rotatable bonds is 5. The van der Waals surface area contributed by atoms with Crippen LogP contribution in [-0.2, 0) is 6.42 Å². The Hall–Kier alpha value is -2.66. The van der Waals surface area contributed by atoms with E-state index < -0.39 is 0 Å². The Kier molecular flexibility index (Phi) is 7.35. The van der Waals surface area contributed by atoms with Gasteiger partial charge in [0, 0.05) is 17.5 Å². The third-order valence-electron chi connectivity index (χ3n) is 4.85. The zero-order valence-electron chi connectivity index (χ0n) is 17.4. The second-order valence-electron chi connectivity index (χ2n) is 6.55. The van der Waals surface area contributed by atoms with Gasteiger partial charge >= 0.3 is 0 Å². The smallest absolute Gasteiger partial charge is 0.238 e. The lowest BCUT2D eigenvalue weighted by atomic mass is 10.1. The first-order valence-electron chi connectivity index (χ1n) is 9.36. The molecule has 0 saturated heterocycles. The molecule has 3 aromatic rings. The molecule has 4 nitrogen and oxygen atoms in total. The lowest BCUT2D eigenvalue weighted by molar-refractivity contribution is 0.527. The number of fused-ring (bicyclic) bond motifs is 1. The van der Waals surface area contributed by atoms with Gasteiger partial charge < -0.3 is 10.2 Å². The van der Waals surface area contributed by atoms with Crippen LogP contribution in [0, 0.1) is 20.8 Å². The van der Waals surface area contributed by atoms with E-state index in [-0.39, 0.29) is 0 Å². The largest absolute Gasteiger partial charge is 0.440 e. The molecule has 0 unspecified atom stereocenters. The maximum atomic E-state index is 6.41. The fourth-order valence-corrected chi connectivity index (χ4v) is 4.01. The van der Waals surface area contributed by atoms with Gasteiger partial charge in [0.05, 0.1) is 11.9 Å². The summed E-state index contributed by atoms with van der Waals surface area (Å²) < 4.78 is 5.97. The number of oxazole rings is 1. The number of aryl methyl sites for hydroxylation is 2. The first-order valence-corrected chi connectivity index (χ1v) is 10.2. The van der Waals surface area contributed by atoms with Gasteiger partial charge in [-0.1, -0.05) is 43.9 Å². The summed E-state index contributed by atoms with van der Waals surface area (Å²) in [5.74, 6) is 1.46. The lowest BCUT2D eigenvalue weighted by Gasteiger charge is -2.05. The van der Waals surface area contributed by atoms with E-state index in [1.807, 2.05) is 6.92 Å². The number of hydrogen-bond donors (Lipinski definition) is 1. The van der Waals surface area contributed by atoms with Crippen molar-refractivity contribution in [3.8, 4) is 10.8 Å². The van der Waals surface area contributed by atoms with Crippen molar-refractivity contribution < 1.29 is 4.42 Å². The summed E-state index contributed by atoms with van der Waals surface area (Å²) in [6.45, 7) is 17.1. The fraction of sp³-hybridized carbons (Fsp3) is 0.304. The van der Waals surface area contributed by atoms with Gasteiger partial charge in [-0.2, -0.15) is 0 Å². The molecule has 0 spiro atoms. The maximum Gasteiger partial charge on any atom is 0.238 e. The number of nitrogen functional groups attached to an aromatic ring is 1. The van der Waals surface area contributed by atoms with Crippen molar-refractivity contribution in [3.05, 3.63) is 65.7 Å². The van der Waals surface area contributed by atoms with E-state index in [0.717, 1.165) is 45.1 Å². The minimum absolute atomic E-state index is 0.590. The average Bonchev–Trinajstić information content (AvgIpc) is 3.28. The molecule has 0 aliphatic carbocycles. The van der Waals surface area contributed by atoms with Crippen molar-refractivity contribution in [1.82, 2.24) is 9.97 Å². The van der Waals surface area contributed by atoms with Crippen LogP contribution in [0.5, 0.6) is 0 Å². The molecule has 3 rings (SSSR count). The van der Waals surface area contributed by atoms with Crippen LogP contribution in [0.4, 0.5) is 5.69 Å². The van der Waals surface area contributed by atoms with E-state index in [9.17, 15) is 0 Å². The summed E-state index contributed by atoms with van der Waals surface area (Å²) in [4.78, 5) is 11.0. The van der Waals surface area contributed by atoms with Crippen LogP contribution in [0.15, 0.2) is 47.6 Å². The van der Waals surface area contributed by atoms with Gasteiger partial charge in [-0.3, -0.25) is 0 Å². The molecule has 2 N–H and O–H groups in total. The van der Waals surface area contributed by atoms with Crippen molar-refractivity contribution in [2.75, 3.05) is 5.73 Å². The van der Waals surface area contributed by atoms with Gasteiger partial charge in [0.25, 0.3) is 0 Å². The van der Waals surface area contributed by atoms with E-state index in [4.69, 9.17) is 10.2 Å². The lowest BCUT2D eigenvalue weighted by Crippen LogP contribution is -1.93. The topological polar surface area (TPSA) is 64.9 Å². The monoisotopic (exact) mass is 395 g/mol. The van der Waals surface area contributed by atoms with Crippen LogP contribution in [0.25, 0.3) is 21.0 Å². The van der Waals surface area contributed by atoms with Gasteiger partial charge in [0.1, 0.15) is 15.5 Å². The quantitative estimate of drug-likeness (QED) is 0.385. The van der Waals surface area contributed by atoms with Crippen LogP contribution in [0.2, 0.25) is 0 Å². The molecule has 0 fully saturated rings. The molecule has 3 heterocycles. The Morgan fingerprint density at radius 1 is 1.21 bits per heavy atom. The highest BCUT2D eigenvalue weighted by Gasteiger charge is 2.20. The van der Waals surface area contributed by atoms with Crippen molar-refractivity contribution in [2.24, 2.45) is 0 Å². The summed E-state index contributed by atoms with van der Waals surface area (Å²) in [5.41, 5.74) is 11.9. The van der Waals surface area contributed by atoms with Gasteiger partial charge in [-0.25, -0.2) is 9.97 Å². The highest BCUT2D eigenvalue weighted by Crippen LogP contribution is 2.42. The number of nitrogens with two attached hydrogens (primary N) is 1. The molecule has 148 valence electrons. The maximum absolute atomic E-state index is 6.41. The molecular formula is C23H29N3OS. The minimum atomic E-state index is 0.590. The molecule has 0 bridgehead atoms. The number of pyridine rings is 1. The Labute approximate surface area is 171 Å². The summed E-state index contributed by atoms with van der Waals surface area (Å²) >= 11 is 1.55. The van der Waals surface area contributed by atoms with Crippen molar-refractivity contribution >= 4 is 27.2 Å². The number of thiophene rings is 1. The molecular weight excluding hydrogens is 366 g/mol. The summed E-state index contributed by atoms with van der Waals surface area (Å²) in [6.07, 6.45) is 9.02. The predicted molar refractivity (Wildman–Crippen MR) is 122 cm³/mol. The molecule has 28 heavy (non-hydrogen) atoms. The third kappa shape index (κ3) is 4.42. The van der Waals surface area contributed by atoms with Crippen LogP contribution >= 0.6 is 11.3 Å². The molecule has 0 aromatic carbocycles. The number of nitrogens with zero attached hydrogens (tertiary/aromatic N) is 2. The number of hydrogen-bond acceptors (Lipinski definition) is 5. The highest BCUT2D eigenvalue weighted by atomic mass is 32.1. The summed E-state index contributed by atoms with van der Waals surface area (Å²) in [7, 11) is 0. The van der Waals surface area contributed by atoms with E-state index >= 15 is 0 Å². The van der Waals surface area contributed by atoms with Crippen molar-refractivity contribution in [3.63, 3.8) is 0 Å². The van der Waals surface area contributed by atoms with Crippen LogP contribution in [0.1, 0.15) is 42.8 Å². The average molecular weight is 396 g/mol. The Morgan fingerprint density at radius 2 is 1.89 bits per heavy atom. The van der Waals surface area contributed by atoms with Gasteiger partial charge in [-0.15, -0.1) is 11.3 Å².